The maximum absolute atomic E-state index is 12.5. The van der Waals surface area contributed by atoms with E-state index in [0.29, 0.717) is 36.1 Å². The number of nitrogens with one attached hydrogen (secondary N) is 1. The number of nitrogens with zero attached hydrogens (tertiary/aromatic N) is 3. The van der Waals surface area contributed by atoms with Crippen molar-refractivity contribution in [2.75, 3.05) is 31.5 Å². The van der Waals surface area contributed by atoms with E-state index in [4.69, 9.17) is 16.0 Å². The van der Waals surface area contributed by atoms with E-state index < -0.39 is 0 Å². The smallest absolute Gasteiger partial charge is 0.321 e. The maximum Gasteiger partial charge on any atom is 0.321 e. The second kappa shape index (κ2) is 8.20. The minimum atomic E-state index is -0.0552. The van der Waals surface area contributed by atoms with Gasteiger partial charge >= 0.3 is 6.03 Å². The largest absolute Gasteiger partial charge is 0.439 e. The molecule has 0 aliphatic carbocycles. The summed E-state index contributed by atoms with van der Waals surface area (Å²) in [5.74, 6) is 0.672. The number of aryl methyl sites for hydroxylation is 1. The Morgan fingerprint density at radius 3 is 2.61 bits per heavy atom. The van der Waals surface area contributed by atoms with Crippen molar-refractivity contribution in [1.82, 2.24) is 14.8 Å². The highest BCUT2D eigenvalue weighted by Crippen LogP contribution is 2.21. The predicted molar refractivity (Wildman–Crippen MR) is 111 cm³/mol. The highest BCUT2D eigenvalue weighted by Gasteiger charge is 2.22. The first-order chi connectivity index (χ1) is 13.6. The van der Waals surface area contributed by atoms with E-state index in [1.54, 1.807) is 6.07 Å². The van der Waals surface area contributed by atoms with Gasteiger partial charge in [-0.3, -0.25) is 4.90 Å². The molecule has 0 unspecified atom stereocenters. The van der Waals surface area contributed by atoms with Gasteiger partial charge in [0.05, 0.1) is 6.54 Å². The number of halogens is 1. The molecule has 3 aromatic rings. The molecule has 2 aromatic carbocycles. The van der Waals surface area contributed by atoms with Crippen LogP contribution in [0, 0.1) is 0 Å². The van der Waals surface area contributed by atoms with Crippen molar-refractivity contribution in [3.05, 3.63) is 58.9 Å². The average molecular weight is 399 g/mol. The standard InChI is InChI=1S/C21H23ClN4O2/c1-2-15-3-6-17(7-4-15)23-21(27)26-11-9-25(10-12-26)14-20-24-18-8-5-16(22)13-19(18)28-20/h3-8,13H,2,9-12,14H2,1H3,(H,23,27). The number of hydrogen-bond donors (Lipinski definition) is 1. The Morgan fingerprint density at radius 2 is 1.89 bits per heavy atom. The summed E-state index contributed by atoms with van der Waals surface area (Å²) in [6.07, 6.45) is 0.989. The molecule has 28 heavy (non-hydrogen) atoms. The van der Waals surface area contributed by atoms with E-state index >= 15 is 0 Å². The summed E-state index contributed by atoms with van der Waals surface area (Å²) in [6, 6.07) is 13.4. The number of fused-ring (bicyclic) bond motifs is 1. The molecule has 0 saturated carbocycles. The average Bonchev–Trinajstić information content (AvgIpc) is 3.10. The molecule has 1 fully saturated rings. The highest BCUT2D eigenvalue weighted by molar-refractivity contribution is 6.31. The van der Waals surface area contributed by atoms with E-state index in [-0.39, 0.29) is 6.03 Å². The molecule has 0 spiro atoms. The summed E-state index contributed by atoms with van der Waals surface area (Å²) >= 11 is 6.00. The van der Waals surface area contributed by atoms with Crippen LogP contribution < -0.4 is 5.32 Å². The Labute approximate surface area is 169 Å². The van der Waals surface area contributed by atoms with Gasteiger partial charge in [-0.25, -0.2) is 9.78 Å². The number of urea groups is 1. The number of rotatable bonds is 4. The van der Waals surface area contributed by atoms with Crippen LogP contribution in [0.15, 0.2) is 46.9 Å². The lowest BCUT2D eigenvalue weighted by atomic mass is 10.1. The third-order valence-electron chi connectivity index (χ3n) is 5.03. The van der Waals surface area contributed by atoms with Gasteiger partial charge in [0.1, 0.15) is 5.52 Å². The first kappa shape index (κ1) is 18.8. The van der Waals surface area contributed by atoms with E-state index in [0.717, 1.165) is 30.7 Å². The first-order valence-electron chi connectivity index (χ1n) is 9.53. The lowest BCUT2D eigenvalue weighted by Gasteiger charge is -2.34. The summed E-state index contributed by atoms with van der Waals surface area (Å²) < 4.78 is 5.79. The van der Waals surface area contributed by atoms with Gasteiger partial charge < -0.3 is 14.6 Å². The molecule has 6 nitrogen and oxygen atoms in total. The van der Waals surface area contributed by atoms with Crippen LogP contribution in [0.25, 0.3) is 11.1 Å². The molecule has 2 amide bonds. The molecular weight excluding hydrogens is 376 g/mol. The normalized spacial score (nSPS) is 15.1. The Balaban J connectivity index is 1.30. The molecule has 1 aromatic heterocycles. The molecule has 2 heterocycles. The van der Waals surface area contributed by atoms with E-state index in [1.807, 2.05) is 41.3 Å². The van der Waals surface area contributed by atoms with Crippen LogP contribution in [0.4, 0.5) is 10.5 Å². The van der Waals surface area contributed by atoms with Gasteiger partial charge in [0.25, 0.3) is 0 Å². The van der Waals surface area contributed by atoms with Crippen molar-refractivity contribution < 1.29 is 9.21 Å². The van der Waals surface area contributed by atoms with Crippen LogP contribution in [0.3, 0.4) is 0 Å². The van der Waals surface area contributed by atoms with Gasteiger partial charge in [0.15, 0.2) is 5.58 Å². The van der Waals surface area contributed by atoms with Crippen molar-refractivity contribution in [1.29, 1.82) is 0 Å². The molecule has 7 heteroatoms. The number of oxazole rings is 1. The maximum atomic E-state index is 12.5. The number of carbonyl (C=O) groups excluding carboxylic acids is 1. The van der Waals surface area contributed by atoms with Crippen molar-refractivity contribution >= 4 is 34.4 Å². The Bertz CT molecular complexity index is 962. The molecule has 4 rings (SSSR count). The number of amides is 2. The molecule has 146 valence electrons. The Kier molecular flexibility index (Phi) is 5.50. The van der Waals surface area contributed by atoms with Crippen molar-refractivity contribution in [3.63, 3.8) is 0 Å². The van der Waals surface area contributed by atoms with Crippen LogP contribution in [0.5, 0.6) is 0 Å². The van der Waals surface area contributed by atoms with Crippen molar-refractivity contribution in [3.8, 4) is 0 Å². The third-order valence-corrected chi connectivity index (χ3v) is 5.26. The van der Waals surface area contributed by atoms with Crippen molar-refractivity contribution in [2.24, 2.45) is 0 Å². The first-order valence-corrected chi connectivity index (χ1v) is 9.90. The number of anilines is 1. The van der Waals surface area contributed by atoms with Crippen LogP contribution in [0.1, 0.15) is 18.4 Å². The lowest BCUT2D eigenvalue weighted by Crippen LogP contribution is -2.49. The monoisotopic (exact) mass is 398 g/mol. The zero-order valence-corrected chi connectivity index (χ0v) is 16.6. The number of aromatic nitrogens is 1. The van der Waals surface area contributed by atoms with Crippen LogP contribution in [-0.2, 0) is 13.0 Å². The lowest BCUT2D eigenvalue weighted by molar-refractivity contribution is 0.136. The van der Waals surface area contributed by atoms with Gasteiger partial charge in [-0.2, -0.15) is 0 Å². The number of hydrogen-bond acceptors (Lipinski definition) is 4. The van der Waals surface area contributed by atoms with E-state index in [2.05, 4.69) is 22.1 Å². The van der Waals surface area contributed by atoms with Gasteiger partial charge in [0.2, 0.25) is 5.89 Å². The molecule has 0 radical (unpaired) electrons. The molecule has 1 aliphatic heterocycles. The van der Waals surface area contributed by atoms with Crippen LogP contribution >= 0.6 is 11.6 Å². The van der Waals surface area contributed by atoms with Gasteiger partial charge in [-0.05, 0) is 36.2 Å². The topological polar surface area (TPSA) is 61.6 Å². The minimum absolute atomic E-state index is 0.0552. The number of carbonyl (C=O) groups is 1. The summed E-state index contributed by atoms with van der Waals surface area (Å²) in [4.78, 5) is 21.1. The zero-order valence-electron chi connectivity index (χ0n) is 15.8. The Morgan fingerprint density at radius 1 is 1.14 bits per heavy atom. The second-order valence-electron chi connectivity index (χ2n) is 6.96. The third kappa shape index (κ3) is 4.29. The number of benzene rings is 2. The summed E-state index contributed by atoms with van der Waals surface area (Å²) in [5, 5.41) is 3.61. The Hall–Kier alpha value is -2.57. The summed E-state index contributed by atoms with van der Waals surface area (Å²) in [7, 11) is 0. The molecule has 1 aliphatic rings. The molecular formula is C21H23ClN4O2. The predicted octanol–water partition coefficient (Wildman–Crippen LogP) is 4.39. The highest BCUT2D eigenvalue weighted by atomic mass is 35.5. The second-order valence-corrected chi connectivity index (χ2v) is 7.40. The number of piperazine rings is 1. The molecule has 1 N–H and O–H groups in total. The zero-order chi connectivity index (χ0) is 19.5. The van der Waals surface area contributed by atoms with Gasteiger partial charge in [0, 0.05) is 43.0 Å². The fraction of sp³-hybridized carbons (Fsp3) is 0.333. The quantitative estimate of drug-likeness (QED) is 0.707. The SMILES string of the molecule is CCc1ccc(NC(=O)N2CCN(Cc3nc4ccc(Cl)cc4o3)CC2)cc1. The molecule has 0 bridgehead atoms. The van der Waals surface area contributed by atoms with E-state index in [1.165, 1.54) is 5.56 Å². The van der Waals surface area contributed by atoms with Crippen LogP contribution in [-0.4, -0.2) is 47.0 Å². The van der Waals surface area contributed by atoms with Gasteiger partial charge in [-0.15, -0.1) is 0 Å². The van der Waals surface area contributed by atoms with E-state index in [9.17, 15) is 4.79 Å². The minimum Gasteiger partial charge on any atom is -0.439 e. The fourth-order valence-electron chi connectivity index (χ4n) is 3.34. The fourth-order valence-corrected chi connectivity index (χ4v) is 3.50. The van der Waals surface area contributed by atoms with Gasteiger partial charge in [-0.1, -0.05) is 30.7 Å². The summed E-state index contributed by atoms with van der Waals surface area (Å²) in [5.41, 5.74) is 3.60. The van der Waals surface area contributed by atoms with Crippen molar-refractivity contribution in [2.45, 2.75) is 19.9 Å². The summed E-state index contributed by atoms with van der Waals surface area (Å²) in [6.45, 7) is 5.64. The molecule has 1 saturated heterocycles. The van der Waals surface area contributed by atoms with Crippen LogP contribution in [0.2, 0.25) is 5.02 Å². The molecule has 0 atom stereocenters.